The first-order valence-electron chi connectivity index (χ1n) is 9.30. The van der Waals surface area contributed by atoms with Crippen LogP contribution in [0.25, 0.3) is 0 Å². The van der Waals surface area contributed by atoms with Crippen LogP contribution in [0.4, 0.5) is 0 Å². The molecule has 2 fully saturated rings. The molecule has 0 heterocycles. The highest BCUT2D eigenvalue weighted by atomic mass is 15.2. The molecule has 0 aromatic carbocycles. The van der Waals surface area contributed by atoms with Gasteiger partial charge in [0.1, 0.15) is 0 Å². The van der Waals surface area contributed by atoms with Crippen LogP contribution in [-0.2, 0) is 0 Å². The third-order valence-electron chi connectivity index (χ3n) is 5.89. The van der Waals surface area contributed by atoms with Gasteiger partial charge in [-0.2, -0.15) is 0 Å². The van der Waals surface area contributed by atoms with Crippen molar-refractivity contribution >= 4 is 0 Å². The fourth-order valence-corrected chi connectivity index (χ4v) is 4.55. The summed E-state index contributed by atoms with van der Waals surface area (Å²) in [4.78, 5) is 2.83. The fraction of sp³-hybridized carbons (Fsp3) is 1.00. The second kappa shape index (κ2) is 7.00. The molecule has 0 bridgehead atoms. The summed E-state index contributed by atoms with van der Waals surface area (Å²) >= 11 is 0. The van der Waals surface area contributed by atoms with Gasteiger partial charge in [-0.3, -0.25) is 4.90 Å². The Morgan fingerprint density at radius 3 is 2.19 bits per heavy atom. The molecular weight excluding hydrogens is 256 g/mol. The van der Waals surface area contributed by atoms with E-state index in [1.807, 2.05) is 0 Å². The minimum atomic E-state index is 0.392. The molecule has 0 saturated heterocycles. The van der Waals surface area contributed by atoms with Crippen LogP contribution < -0.4 is 5.73 Å². The second-order valence-corrected chi connectivity index (χ2v) is 9.14. The van der Waals surface area contributed by atoms with E-state index in [0.29, 0.717) is 17.5 Å². The van der Waals surface area contributed by atoms with Crippen molar-refractivity contribution in [2.24, 2.45) is 23.0 Å². The molecule has 3 atom stereocenters. The highest BCUT2D eigenvalue weighted by Crippen LogP contribution is 2.40. The van der Waals surface area contributed by atoms with Gasteiger partial charge in [-0.1, -0.05) is 47.5 Å². The van der Waals surface area contributed by atoms with E-state index in [2.05, 4.69) is 39.5 Å². The third-order valence-corrected chi connectivity index (χ3v) is 5.89. The number of nitrogens with zero attached hydrogens (tertiary/aromatic N) is 1. The largest absolute Gasteiger partial charge is 0.326 e. The average Bonchev–Trinajstić information content (AvgIpc) is 2.88. The van der Waals surface area contributed by atoms with Crippen LogP contribution in [0, 0.1) is 17.3 Å². The molecule has 0 radical (unpaired) electrons. The van der Waals surface area contributed by atoms with E-state index < -0.39 is 0 Å². The highest BCUT2D eigenvalue weighted by molar-refractivity contribution is 4.95. The van der Waals surface area contributed by atoms with Gasteiger partial charge in [0.25, 0.3) is 0 Å². The fourth-order valence-electron chi connectivity index (χ4n) is 4.55. The van der Waals surface area contributed by atoms with Gasteiger partial charge < -0.3 is 5.73 Å². The molecule has 2 rings (SSSR count). The SMILES string of the molecule is CC(C)CN(C1CCCC1)C1CC(C(C)(C)C)CCC1N. The predicted molar refractivity (Wildman–Crippen MR) is 92.4 cm³/mol. The van der Waals surface area contributed by atoms with Gasteiger partial charge in [-0.15, -0.1) is 0 Å². The number of rotatable bonds is 4. The lowest BCUT2D eigenvalue weighted by Crippen LogP contribution is -2.56. The number of hydrogen-bond acceptors (Lipinski definition) is 2. The summed E-state index contributed by atoms with van der Waals surface area (Å²) in [7, 11) is 0. The summed E-state index contributed by atoms with van der Waals surface area (Å²) in [5.41, 5.74) is 7.02. The molecule has 124 valence electrons. The van der Waals surface area contributed by atoms with Crippen LogP contribution in [0.2, 0.25) is 0 Å². The summed E-state index contributed by atoms with van der Waals surface area (Å²) in [6.07, 6.45) is 9.49. The van der Waals surface area contributed by atoms with Gasteiger partial charge in [-0.05, 0) is 49.4 Å². The average molecular weight is 295 g/mol. The van der Waals surface area contributed by atoms with Crippen molar-refractivity contribution in [3.05, 3.63) is 0 Å². The van der Waals surface area contributed by atoms with Crippen molar-refractivity contribution in [1.82, 2.24) is 4.90 Å². The number of nitrogens with two attached hydrogens (primary N) is 1. The topological polar surface area (TPSA) is 29.3 Å². The monoisotopic (exact) mass is 294 g/mol. The molecule has 0 spiro atoms. The van der Waals surface area contributed by atoms with E-state index in [1.54, 1.807) is 0 Å². The van der Waals surface area contributed by atoms with Gasteiger partial charge >= 0.3 is 0 Å². The van der Waals surface area contributed by atoms with Crippen molar-refractivity contribution < 1.29 is 0 Å². The van der Waals surface area contributed by atoms with E-state index >= 15 is 0 Å². The first-order chi connectivity index (χ1) is 9.79. The quantitative estimate of drug-likeness (QED) is 0.831. The van der Waals surface area contributed by atoms with Crippen LogP contribution in [0.1, 0.15) is 79.6 Å². The zero-order chi connectivity index (χ0) is 15.6. The van der Waals surface area contributed by atoms with Gasteiger partial charge in [0.2, 0.25) is 0 Å². The Morgan fingerprint density at radius 1 is 1.05 bits per heavy atom. The molecule has 2 heteroatoms. The summed E-state index contributed by atoms with van der Waals surface area (Å²) in [6, 6.07) is 1.82. The Balaban J connectivity index is 2.11. The Morgan fingerprint density at radius 2 is 1.67 bits per heavy atom. The standard InChI is InChI=1S/C19H38N2/c1-14(2)13-21(16-8-6-7-9-16)18-12-15(19(3,4)5)10-11-17(18)20/h14-18H,6-13,20H2,1-5H3. The third kappa shape index (κ3) is 4.45. The molecule has 2 aliphatic carbocycles. The van der Waals surface area contributed by atoms with Gasteiger partial charge in [-0.25, -0.2) is 0 Å². The Hall–Kier alpha value is -0.0800. The molecule has 2 N–H and O–H groups in total. The molecule has 2 nitrogen and oxygen atoms in total. The zero-order valence-corrected chi connectivity index (χ0v) is 15.1. The van der Waals surface area contributed by atoms with E-state index in [1.165, 1.54) is 51.5 Å². The first kappa shape index (κ1) is 17.3. The van der Waals surface area contributed by atoms with Crippen molar-refractivity contribution in [3.8, 4) is 0 Å². The minimum Gasteiger partial charge on any atom is -0.326 e. The van der Waals surface area contributed by atoms with Crippen molar-refractivity contribution in [3.63, 3.8) is 0 Å². The molecule has 0 amide bonds. The second-order valence-electron chi connectivity index (χ2n) is 9.14. The maximum Gasteiger partial charge on any atom is 0.0253 e. The maximum atomic E-state index is 6.59. The molecule has 2 aliphatic rings. The zero-order valence-electron chi connectivity index (χ0n) is 15.1. The summed E-state index contributed by atoms with van der Waals surface area (Å²) in [5.74, 6) is 1.58. The summed E-state index contributed by atoms with van der Waals surface area (Å²) < 4.78 is 0. The lowest BCUT2D eigenvalue weighted by atomic mass is 9.69. The van der Waals surface area contributed by atoms with Gasteiger partial charge in [0, 0.05) is 24.7 Å². The molecule has 21 heavy (non-hydrogen) atoms. The Labute approximate surface area is 132 Å². The normalized spacial score (nSPS) is 32.3. The summed E-state index contributed by atoms with van der Waals surface area (Å²) in [5, 5.41) is 0. The van der Waals surface area contributed by atoms with Crippen LogP contribution >= 0.6 is 0 Å². The highest BCUT2D eigenvalue weighted by Gasteiger charge is 2.39. The smallest absolute Gasteiger partial charge is 0.0253 e. The predicted octanol–water partition coefficient (Wildman–Crippen LogP) is 4.43. The molecule has 0 aromatic rings. The number of hydrogen-bond donors (Lipinski definition) is 1. The van der Waals surface area contributed by atoms with Crippen LogP contribution in [0.5, 0.6) is 0 Å². The molecule has 3 unspecified atom stereocenters. The lowest BCUT2D eigenvalue weighted by Gasteiger charge is -2.47. The first-order valence-corrected chi connectivity index (χ1v) is 9.30. The summed E-state index contributed by atoms with van der Waals surface area (Å²) in [6.45, 7) is 13.2. The van der Waals surface area contributed by atoms with Crippen molar-refractivity contribution in [2.45, 2.75) is 97.7 Å². The Bertz CT molecular complexity index is 312. The Kier molecular flexibility index (Phi) is 5.76. The molecule has 2 saturated carbocycles. The van der Waals surface area contributed by atoms with Crippen LogP contribution in [0.15, 0.2) is 0 Å². The van der Waals surface area contributed by atoms with Crippen molar-refractivity contribution in [2.75, 3.05) is 6.54 Å². The molecular formula is C19H38N2. The molecule has 0 aliphatic heterocycles. The van der Waals surface area contributed by atoms with Gasteiger partial charge in [0.15, 0.2) is 0 Å². The van der Waals surface area contributed by atoms with Crippen LogP contribution in [0.3, 0.4) is 0 Å². The lowest BCUT2D eigenvalue weighted by molar-refractivity contribution is 0.0358. The van der Waals surface area contributed by atoms with E-state index in [-0.39, 0.29) is 0 Å². The van der Waals surface area contributed by atoms with Crippen LogP contribution in [-0.4, -0.2) is 29.6 Å². The maximum absolute atomic E-state index is 6.59. The molecule has 0 aromatic heterocycles. The van der Waals surface area contributed by atoms with Crippen molar-refractivity contribution in [1.29, 1.82) is 0 Å². The minimum absolute atomic E-state index is 0.392. The van der Waals surface area contributed by atoms with E-state index in [4.69, 9.17) is 5.73 Å². The van der Waals surface area contributed by atoms with E-state index in [9.17, 15) is 0 Å². The van der Waals surface area contributed by atoms with Gasteiger partial charge in [0.05, 0.1) is 0 Å². The van der Waals surface area contributed by atoms with E-state index in [0.717, 1.165) is 17.9 Å².